The highest BCUT2D eigenvalue weighted by atomic mass is 32.2. The van der Waals surface area contributed by atoms with Gasteiger partial charge in [-0.25, -0.2) is 12.8 Å². The molecule has 0 aromatic heterocycles. The molecular weight excluding hydrogens is 245 g/mol. The first-order chi connectivity index (χ1) is 7.94. The normalized spacial score (nSPS) is 20.0. The molecule has 0 heterocycles. The summed E-state index contributed by atoms with van der Waals surface area (Å²) in [6, 6.07) is 6.38. The van der Waals surface area contributed by atoms with E-state index < -0.39 is 21.1 Å². The molecule has 1 atom stereocenters. The summed E-state index contributed by atoms with van der Waals surface area (Å²) < 4.78 is 37.5. The van der Waals surface area contributed by atoms with Gasteiger partial charge in [0.05, 0.1) is 0 Å². The molecule has 0 amide bonds. The number of allylic oxidation sites excluding steroid dienone is 1. The number of hydrogen-bond donors (Lipinski definition) is 1. The Morgan fingerprint density at radius 3 is 2.71 bits per heavy atom. The van der Waals surface area contributed by atoms with Crippen molar-refractivity contribution < 1.29 is 18.0 Å². The summed E-state index contributed by atoms with van der Waals surface area (Å²) in [7, 11) is -2.81. The van der Waals surface area contributed by atoms with Gasteiger partial charge < -0.3 is 0 Å². The SMILES string of the molecule is CN(O)S(=O)(=O)C1CC=C(F)c2ccccc21. The van der Waals surface area contributed by atoms with E-state index >= 15 is 0 Å². The largest absolute Gasteiger partial charge is 0.300 e. The van der Waals surface area contributed by atoms with Crippen LogP contribution in [0.2, 0.25) is 0 Å². The third-order valence-electron chi connectivity index (χ3n) is 2.80. The van der Waals surface area contributed by atoms with Gasteiger partial charge in [0.15, 0.2) is 0 Å². The predicted octanol–water partition coefficient (Wildman–Crippen LogP) is 2.09. The quantitative estimate of drug-likeness (QED) is 0.825. The number of fused-ring (bicyclic) bond motifs is 1. The maximum absolute atomic E-state index is 13.5. The minimum Gasteiger partial charge on any atom is -0.300 e. The number of halogens is 1. The highest BCUT2D eigenvalue weighted by Gasteiger charge is 2.34. The summed E-state index contributed by atoms with van der Waals surface area (Å²) in [5.74, 6) is -0.423. The molecule has 0 spiro atoms. The first kappa shape index (κ1) is 12.2. The van der Waals surface area contributed by atoms with Crippen molar-refractivity contribution in [3.8, 4) is 0 Å². The summed E-state index contributed by atoms with van der Waals surface area (Å²) in [6.45, 7) is 0. The zero-order valence-electron chi connectivity index (χ0n) is 9.17. The van der Waals surface area contributed by atoms with E-state index in [4.69, 9.17) is 5.21 Å². The van der Waals surface area contributed by atoms with E-state index in [0.717, 1.165) is 7.05 Å². The highest BCUT2D eigenvalue weighted by molar-refractivity contribution is 7.89. The molecule has 0 radical (unpaired) electrons. The first-order valence-corrected chi connectivity index (χ1v) is 6.56. The lowest BCUT2D eigenvalue weighted by molar-refractivity contribution is 0.0296. The second-order valence-electron chi connectivity index (χ2n) is 3.84. The summed E-state index contributed by atoms with van der Waals surface area (Å²) >= 11 is 0. The Labute approximate surface area is 99.0 Å². The second kappa shape index (κ2) is 4.21. The Kier molecular flexibility index (Phi) is 3.03. The Morgan fingerprint density at radius 2 is 2.06 bits per heavy atom. The molecule has 0 aliphatic heterocycles. The van der Waals surface area contributed by atoms with Gasteiger partial charge in [-0.1, -0.05) is 28.7 Å². The van der Waals surface area contributed by atoms with Crippen molar-refractivity contribution in [2.45, 2.75) is 11.7 Å². The van der Waals surface area contributed by atoms with Gasteiger partial charge in [-0.2, -0.15) is 0 Å². The lowest BCUT2D eigenvalue weighted by Crippen LogP contribution is -2.29. The van der Waals surface area contributed by atoms with Crippen LogP contribution in [0, 0.1) is 0 Å². The van der Waals surface area contributed by atoms with Crippen molar-refractivity contribution in [1.29, 1.82) is 0 Å². The lowest BCUT2D eigenvalue weighted by Gasteiger charge is -2.24. The number of nitrogens with zero attached hydrogens (tertiary/aromatic N) is 1. The van der Waals surface area contributed by atoms with Crippen molar-refractivity contribution >= 4 is 15.9 Å². The lowest BCUT2D eigenvalue weighted by atomic mass is 9.96. The smallest absolute Gasteiger partial charge is 0.242 e. The molecule has 0 saturated heterocycles. The van der Waals surface area contributed by atoms with Crippen LogP contribution in [0.4, 0.5) is 4.39 Å². The minimum absolute atomic E-state index is 0.0239. The molecule has 1 aliphatic carbocycles. The minimum atomic E-state index is -3.86. The molecule has 1 aromatic carbocycles. The molecule has 6 heteroatoms. The van der Waals surface area contributed by atoms with Crippen molar-refractivity contribution in [3.63, 3.8) is 0 Å². The monoisotopic (exact) mass is 257 g/mol. The fourth-order valence-corrected chi connectivity index (χ4v) is 3.14. The van der Waals surface area contributed by atoms with Gasteiger partial charge in [0, 0.05) is 12.6 Å². The third kappa shape index (κ3) is 1.99. The Morgan fingerprint density at radius 1 is 1.41 bits per heavy atom. The van der Waals surface area contributed by atoms with E-state index in [0.29, 0.717) is 5.56 Å². The average molecular weight is 257 g/mol. The van der Waals surface area contributed by atoms with Gasteiger partial charge >= 0.3 is 0 Å². The summed E-state index contributed by atoms with van der Waals surface area (Å²) in [5, 5.41) is 8.22. The molecule has 1 aliphatic rings. The molecule has 1 unspecified atom stereocenters. The molecule has 2 rings (SSSR count). The van der Waals surface area contributed by atoms with Crippen LogP contribution >= 0.6 is 0 Å². The highest BCUT2D eigenvalue weighted by Crippen LogP contribution is 2.38. The van der Waals surface area contributed by atoms with Crippen LogP contribution in [0.1, 0.15) is 22.8 Å². The van der Waals surface area contributed by atoms with Gasteiger partial charge in [-0.3, -0.25) is 5.21 Å². The molecule has 0 saturated carbocycles. The van der Waals surface area contributed by atoms with Crippen molar-refractivity contribution in [1.82, 2.24) is 4.47 Å². The predicted molar refractivity (Wildman–Crippen MR) is 61.4 cm³/mol. The van der Waals surface area contributed by atoms with E-state index in [9.17, 15) is 12.8 Å². The van der Waals surface area contributed by atoms with Crippen LogP contribution < -0.4 is 0 Å². The van der Waals surface area contributed by atoms with Crippen LogP contribution in [0.25, 0.3) is 5.83 Å². The number of benzene rings is 1. The van der Waals surface area contributed by atoms with Gasteiger partial charge in [0.2, 0.25) is 10.0 Å². The number of hydroxylamine groups is 1. The topological polar surface area (TPSA) is 57.6 Å². The molecule has 0 fully saturated rings. The standard InChI is InChI=1S/C11H12FNO3S/c1-13(14)17(15,16)11-7-6-10(12)8-4-2-3-5-9(8)11/h2-6,11,14H,7H2,1H3. The fraction of sp³-hybridized carbons (Fsp3) is 0.273. The molecule has 4 nitrogen and oxygen atoms in total. The van der Waals surface area contributed by atoms with Crippen LogP contribution in [0.15, 0.2) is 30.3 Å². The maximum Gasteiger partial charge on any atom is 0.242 e. The maximum atomic E-state index is 13.5. The molecule has 92 valence electrons. The van der Waals surface area contributed by atoms with E-state index in [1.807, 2.05) is 0 Å². The van der Waals surface area contributed by atoms with Crippen LogP contribution in [-0.2, 0) is 10.0 Å². The number of rotatable bonds is 2. The van der Waals surface area contributed by atoms with E-state index in [1.54, 1.807) is 18.2 Å². The molecule has 0 bridgehead atoms. The van der Waals surface area contributed by atoms with Gasteiger partial charge in [0.25, 0.3) is 0 Å². The Bertz CT molecular complexity index is 566. The molecule has 1 aromatic rings. The molecule has 1 N–H and O–H groups in total. The van der Waals surface area contributed by atoms with E-state index in [1.165, 1.54) is 12.1 Å². The average Bonchev–Trinajstić information content (AvgIpc) is 2.29. The van der Waals surface area contributed by atoms with Gasteiger partial charge in [0.1, 0.15) is 11.1 Å². The Balaban J connectivity index is 2.56. The summed E-state index contributed by atoms with van der Waals surface area (Å²) in [5.41, 5.74) is 0.655. The number of sulfonamides is 1. The van der Waals surface area contributed by atoms with Crippen molar-refractivity contribution in [2.24, 2.45) is 0 Å². The fourth-order valence-electron chi connectivity index (χ4n) is 1.91. The number of hydrogen-bond acceptors (Lipinski definition) is 3. The summed E-state index contributed by atoms with van der Waals surface area (Å²) in [6.07, 6.45) is 1.25. The first-order valence-electron chi connectivity index (χ1n) is 5.06. The van der Waals surface area contributed by atoms with Gasteiger partial charge in [-0.05, 0) is 18.1 Å². The summed E-state index contributed by atoms with van der Waals surface area (Å²) in [4.78, 5) is 0. The second-order valence-corrected chi connectivity index (χ2v) is 5.97. The third-order valence-corrected chi connectivity index (χ3v) is 4.71. The van der Waals surface area contributed by atoms with Crippen LogP contribution in [0.3, 0.4) is 0 Å². The molecular formula is C11H12FNO3S. The molecule has 17 heavy (non-hydrogen) atoms. The van der Waals surface area contributed by atoms with Crippen molar-refractivity contribution in [3.05, 3.63) is 41.5 Å². The zero-order valence-corrected chi connectivity index (χ0v) is 9.98. The van der Waals surface area contributed by atoms with Crippen molar-refractivity contribution in [2.75, 3.05) is 7.05 Å². The Hall–Kier alpha value is -1.24. The zero-order chi connectivity index (χ0) is 12.6. The van der Waals surface area contributed by atoms with E-state index in [-0.39, 0.29) is 16.5 Å². The van der Waals surface area contributed by atoms with Crippen LogP contribution in [-0.4, -0.2) is 25.1 Å². The van der Waals surface area contributed by atoms with Crippen LogP contribution in [0.5, 0.6) is 0 Å². The van der Waals surface area contributed by atoms with E-state index in [2.05, 4.69) is 0 Å². The van der Waals surface area contributed by atoms with Gasteiger partial charge in [-0.15, -0.1) is 0 Å².